The summed E-state index contributed by atoms with van der Waals surface area (Å²) in [7, 11) is 0. The number of hydrogen-bond donors (Lipinski definition) is 0. The fourth-order valence-corrected chi connectivity index (χ4v) is 2.70. The summed E-state index contributed by atoms with van der Waals surface area (Å²) in [6.07, 6.45) is 6.18. The zero-order chi connectivity index (χ0) is 13.2. The molecule has 0 bridgehead atoms. The van der Waals surface area contributed by atoms with Gasteiger partial charge in [-0.25, -0.2) is 9.79 Å². The van der Waals surface area contributed by atoms with E-state index >= 15 is 0 Å². The molecule has 2 aliphatic rings. The second kappa shape index (κ2) is 5.17. The number of carbonyl (C=O) groups excluding carboxylic acids is 1. The summed E-state index contributed by atoms with van der Waals surface area (Å²) in [6.45, 7) is 0. The molecule has 98 valence electrons. The standard InChI is InChI=1S/C15H14ClNO2/c16-12-8-4-3-7-11(12)9-13-15(18)19-14(17-13)10-5-1-2-6-10/h3-4,7-10H,1-2,5-6H2/b13-9-. The highest BCUT2D eigenvalue weighted by molar-refractivity contribution is 6.32. The predicted octanol–water partition coefficient (Wildman–Crippen LogP) is 3.83. The van der Waals surface area contributed by atoms with Gasteiger partial charge in [0.1, 0.15) is 0 Å². The fraction of sp³-hybridized carbons (Fsp3) is 0.333. The summed E-state index contributed by atoms with van der Waals surface area (Å²) < 4.78 is 5.27. The minimum Gasteiger partial charge on any atom is -0.406 e. The lowest BCUT2D eigenvalue weighted by Gasteiger charge is -2.05. The molecular weight excluding hydrogens is 262 g/mol. The van der Waals surface area contributed by atoms with E-state index in [0.717, 1.165) is 18.4 Å². The number of halogens is 1. The Hall–Kier alpha value is -1.61. The molecule has 3 rings (SSSR count). The first-order valence-corrected chi connectivity index (χ1v) is 6.89. The van der Waals surface area contributed by atoms with Gasteiger partial charge >= 0.3 is 5.97 Å². The maximum Gasteiger partial charge on any atom is 0.363 e. The van der Waals surface area contributed by atoms with Crippen molar-refractivity contribution in [3.05, 3.63) is 40.5 Å². The number of ether oxygens (including phenoxy) is 1. The quantitative estimate of drug-likeness (QED) is 0.608. The summed E-state index contributed by atoms with van der Waals surface area (Å²) in [5, 5.41) is 0.604. The molecule has 1 saturated carbocycles. The van der Waals surface area contributed by atoms with Gasteiger partial charge in [-0.05, 0) is 30.5 Å². The van der Waals surface area contributed by atoms with Crippen LogP contribution < -0.4 is 0 Å². The van der Waals surface area contributed by atoms with Gasteiger partial charge in [-0.15, -0.1) is 0 Å². The van der Waals surface area contributed by atoms with Crippen LogP contribution in [0.25, 0.3) is 6.08 Å². The van der Waals surface area contributed by atoms with E-state index < -0.39 is 0 Å². The van der Waals surface area contributed by atoms with E-state index in [2.05, 4.69) is 4.99 Å². The second-order valence-corrected chi connectivity index (χ2v) is 5.28. The Morgan fingerprint density at radius 2 is 2.00 bits per heavy atom. The van der Waals surface area contributed by atoms with E-state index in [4.69, 9.17) is 16.3 Å². The van der Waals surface area contributed by atoms with Crippen LogP contribution in [0, 0.1) is 5.92 Å². The van der Waals surface area contributed by atoms with Crippen LogP contribution in [0.3, 0.4) is 0 Å². The first kappa shape index (κ1) is 12.4. The minimum atomic E-state index is -0.373. The molecular formula is C15H14ClNO2. The average Bonchev–Trinajstić information content (AvgIpc) is 3.02. The summed E-state index contributed by atoms with van der Waals surface area (Å²) in [5.41, 5.74) is 1.13. The number of carbonyl (C=O) groups is 1. The molecule has 19 heavy (non-hydrogen) atoms. The zero-order valence-corrected chi connectivity index (χ0v) is 11.2. The Balaban J connectivity index is 1.88. The number of rotatable bonds is 2. The summed E-state index contributed by atoms with van der Waals surface area (Å²) in [4.78, 5) is 16.1. The predicted molar refractivity (Wildman–Crippen MR) is 74.9 cm³/mol. The van der Waals surface area contributed by atoms with Crippen molar-refractivity contribution >= 4 is 29.5 Å². The molecule has 1 aromatic rings. The molecule has 0 spiro atoms. The lowest BCUT2D eigenvalue weighted by atomic mass is 10.1. The van der Waals surface area contributed by atoms with Crippen molar-refractivity contribution in [3.63, 3.8) is 0 Å². The lowest BCUT2D eigenvalue weighted by Crippen LogP contribution is -2.12. The highest BCUT2D eigenvalue weighted by Gasteiger charge is 2.30. The molecule has 4 heteroatoms. The fourth-order valence-electron chi connectivity index (χ4n) is 2.51. The number of hydrogen-bond acceptors (Lipinski definition) is 3. The third-order valence-electron chi connectivity index (χ3n) is 3.54. The molecule has 0 aromatic heterocycles. The van der Waals surface area contributed by atoms with Gasteiger partial charge in [0.25, 0.3) is 0 Å². The molecule has 1 aliphatic heterocycles. The van der Waals surface area contributed by atoms with Crippen molar-refractivity contribution in [3.8, 4) is 0 Å². The van der Waals surface area contributed by atoms with Crippen molar-refractivity contribution < 1.29 is 9.53 Å². The number of benzene rings is 1. The van der Waals surface area contributed by atoms with Gasteiger partial charge in [0, 0.05) is 10.9 Å². The Morgan fingerprint density at radius 1 is 1.26 bits per heavy atom. The van der Waals surface area contributed by atoms with Gasteiger partial charge in [-0.2, -0.15) is 0 Å². The van der Waals surface area contributed by atoms with Gasteiger partial charge in [0.15, 0.2) is 5.70 Å². The average molecular weight is 276 g/mol. The first-order chi connectivity index (χ1) is 9.24. The zero-order valence-electron chi connectivity index (χ0n) is 10.4. The maximum absolute atomic E-state index is 11.8. The topological polar surface area (TPSA) is 38.7 Å². The molecule has 1 heterocycles. The number of esters is 1. The highest BCUT2D eigenvalue weighted by atomic mass is 35.5. The lowest BCUT2D eigenvalue weighted by molar-refractivity contribution is -0.130. The van der Waals surface area contributed by atoms with Crippen LogP contribution in [0.1, 0.15) is 31.2 Å². The Morgan fingerprint density at radius 3 is 2.74 bits per heavy atom. The third-order valence-corrected chi connectivity index (χ3v) is 3.88. The van der Waals surface area contributed by atoms with E-state index in [1.807, 2.05) is 18.2 Å². The van der Waals surface area contributed by atoms with Crippen LogP contribution in [0.5, 0.6) is 0 Å². The van der Waals surface area contributed by atoms with E-state index in [1.165, 1.54) is 12.8 Å². The molecule has 1 aliphatic carbocycles. The maximum atomic E-state index is 11.8. The van der Waals surface area contributed by atoms with Crippen LogP contribution in [0.2, 0.25) is 5.02 Å². The van der Waals surface area contributed by atoms with Gasteiger partial charge in [-0.1, -0.05) is 42.6 Å². The van der Waals surface area contributed by atoms with Crippen molar-refractivity contribution in [1.82, 2.24) is 0 Å². The summed E-state index contributed by atoms with van der Waals surface area (Å²) in [5.74, 6) is 0.517. The molecule has 0 saturated heterocycles. The Kier molecular flexibility index (Phi) is 3.38. The van der Waals surface area contributed by atoms with Crippen LogP contribution >= 0.6 is 11.6 Å². The minimum absolute atomic E-state index is 0.307. The molecule has 0 radical (unpaired) electrons. The molecule has 0 N–H and O–H groups in total. The van der Waals surface area contributed by atoms with Crippen molar-refractivity contribution in [2.45, 2.75) is 25.7 Å². The monoisotopic (exact) mass is 275 g/mol. The number of cyclic esters (lactones) is 1. The third kappa shape index (κ3) is 2.56. The van der Waals surface area contributed by atoms with Gasteiger partial charge in [0.05, 0.1) is 0 Å². The normalized spacial score (nSPS) is 21.8. The first-order valence-electron chi connectivity index (χ1n) is 6.51. The molecule has 0 atom stereocenters. The molecule has 1 aromatic carbocycles. The van der Waals surface area contributed by atoms with Crippen molar-refractivity contribution in [1.29, 1.82) is 0 Å². The van der Waals surface area contributed by atoms with Crippen LogP contribution in [-0.4, -0.2) is 11.9 Å². The van der Waals surface area contributed by atoms with Crippen LogP contribution in [0.15, 0.2) is 35.0 Å². The van der Waals surface area contributed by atoms with E-state index in [1.54, 1.807) is 12.1 Å². The van der Waals surface area contributed by atoms with E-state index in [9.17, 15) is 4.79 Å². The summed E-state index contributed by atoms with van der Waals surface area (Å²) in [6, 6.07) is 7.37. The van der Waals surface area contributed by atoms with Gasteiger partial charge in [-0.3, -0.25) is 0 Å². The van der Waals surface area contributed by atoms with Crippen LogP contribution in [-0.2, 0) is 9.53 Å². The van der Waals surface area contributed by atoms with E-state index in [0.29, 0.717) is 22.5 Å². The highest BCUT2D eigenvalue weighted by Crippen LogP contribution is 2.30. The second-order valence-electron chi connectivity index (χ2n) is 4.87. The largest absolute Gasteiger partial charge is 0.406 e. The van der Waals surface area contributed by atoms with Crippen LogP contribution in [0.4, 0.5) is 0 Å². The smallest absolute Gasteiger partial charge is 0.363 e. The van der Waals surface area contributed by atoms with E-state index in [-0.39, 0.29) is 5.97 Å². The van der Waals surface area contributed by atoms with Crippen molar-refractivity contribution in [2.75, 3.05) is 0 Å². The molecule has 0 unspecified atom stereocenters. The number of aliphatic imine (C=N–C) groups is 1. The Bertz CT molecular complexity index is 571. The van der Waals surface area contributed by atoms with Crippen molar-refractivity contribution in [2.24, 2.45) is 10.9 Å². The van der Waals surface area contributed by atoms with Gasteiger partial charge in [0.2, 0.25) is 5.90 Å². The molecule has 3 nitrogen and oxygen atoms in total. The molecule has 0 amide bonds. The Labute approximate surface area is 116 Å². The summed E-state index contributed by atoms with van der Waals surface area (Å²) >= 11 is 6.07. The SMILES string of the molecule is O=C1OC(C2CCCC2)=N/C1=C\c1ccccc1Cl. The van der Waals surface area contributed by atoms with Gasteiger partial charge < -0.3 is 4.74 Å². The molecule has 1 fully saturated rings. The number of nitrogens with zero attached hydrogens (tertiary/aromatic N) is 1.